The molecule has 2 atom stereocenters. The first-order valence-corrected chi connectivity index (χ1v) is 6.27. The van der Waals surface area contributed by atoms with Gasteiger partial charge in [0, 0.05) is 17.8 Å². The first kappa shape index (κ1) is 14.2. The van der Waals surface area contributed by atoms with Crippen LogP contribution in [0.4, 0.5) is 0 Å². The summed E-state index contributed by atoms with van der Waals surface area (Å²) in [4.78, 5) is 17.8. The van der Waals surface area contributed by atoms with Crippen molar-refractivity contribution in [3.8, 4) is 0 Å². The molecule has 1 unspecified atom stereocenters. The first-order valence-electron chi connectivity index (χ1n) is 6.27. The molecule has 0 spiro atoms. The van der Waals surface area contributed by atoms with Gasteiger partial charge in [-0.05, 0) is 5.56 Å². The van der Waals surface area contributed by atoms with Gasteiger partial charge in [-0.25, -0.2) is 4.98 Å². The van der Waals surface area contributed by atoms with E-state index in [1.807, 2.05) is 30.3 Å². The standard InChI is InChI=1S/C14H17N3O3/c15-13(14(18)19)11(12-6-16-9-17-12)8-20-7-10-4-2-1-3-5-10/h1-6,9,11,13H,7-8,15H2,(H,16,17)(H,18,19)/t11?,13-/m0/s1. The number of carboxylic acids is 1. The van der Waals surface area contributed by atoms with Crippen molar-refractivity contribution in [2.75, 3.05) is 6.61 Å². The second-order valence-electron chi connectivity index (χ2n) is 4.48. The molecule has 2 rings (SSSR count). The average Bonchev–Trinajstić information content (AvgIpc) is 2.98. The Morgan fingerprint density at radius 1 is 1.40 bits per heavy atom. The highest BCUT2D eigenvalue weighted by Gasteiger charge is 2.27. The molecular weight excluding hydrogens is 258 g/mol. The Bertz CT molecular complexity index is 528. The lowest BCUT2D eigenvalue weighted by Gasteiger charge is -2.19. The largest absolute Gasteiger partial charge is 0.480 e. The molecule has 1 aromatic carbocycles. The van der Waals surface area contributed by atoms with Gasteiger partial charge >= 0.3 is 5.97 Å². The third-order valence-electron chi connectivity index (χ3n) is 3.05. The summed E-state index contributed by atoms with van der Waals surface area (Å²) < 4.78 is 5.59. The predicted octanol–water partition coefficient (Wildman–Crippen LogP) is 1.12. The Kier molecular flexibility index (Phi) is 4.86. The normalized spacial score (nSPS) is 13.8. The minimum atomic E-state index is -1.06. The number of carboxylic acid groups (broad SMARTS) is 1. The molecule has 1 aromatic heterocycles. The molecule has 1 heterocycles. The van der Waals surface area contributed by atoms with Gasteiger partial charge in [0.1, 0.15) is 6.04 Å². The van der Waals surface area contributed by atoms with Crippen LogP contribution in [0.25, 0.3) is 0 Å². The lowest BCUT2D eigenvalue weighted by Crippen LogP contribution is -2.38. The van der Waals surface area contributed by atoms with Gasteiger partial charge in [-0.1, -0.05) is 30.3 Å². The Morgan fingerprint density at radius 2 is 2.15 bits per heavy atom. The van der Waals surface area contributed by atoms with Crippen LogP contribution < -0.4 is 5.73 Å². The Balaban J connectivity index is 1.96. The summed E-state index contributed by atoms with van der Waals surface area (Å²) in [7, 11) is 0. The number of hydrogen-bond acceptors (Lipinski definition) is 4. The van der Waals surface area contributed by atoms with Gasteiger partial charge in [-0.3, -0.25) is 4.79 Å². The number of nitrogens with one attached hydrogen (secondary N) is 1. The summed E-state index contributed by atoms with van der Waals surface area (Å²) in [5.74, 6) is -1.52. The van der Waals surface area contributed by atoms with E-state index in [1.54, 1.807) is 6.20 Å². The van der Waals surface area contributed by atoms with Crippen LogP contribution in [-0.4, -0.2) is 33.7 Å². The smallest absolute Gasteiger partial charge is 0.321 e. The van der Waals surface area contributed by atoms with E-state index in [0.29, 0.717) is 12.3 Å². The highest BCUT2D eigenvalue weighted by atomic mass is 16.5. The van der Waals surface area contributed by atoms with Crippen molar-refractivity contribution in [1.82, 2.24) is 9.97 Å². The highest BCUT2D eigenvalue weighted by Crippen LogP contribution is 2.17. The summed E-state index contributed by atoms with van der Waals surface area (Å²) in [6.45, 7) is 0.627. The maximum atomic E-state index is 11.1. The average molecular weight is 275 g/mol. The van der Waals surface area contributed by atoms with Crippen LogP contribution >= 0.6 is 0 Å². The van der Waals surface area contributed by atoms with Gasteiger partial charge in [0.15, 0.2) is 0 Å². The maximum Gasteiger partial charge on any atom is 0.321 e. The minimum Gasteiger partial charge on any atom is -0.480 e. The van der Waals surface area contributed by atoms with Crippen molar-refractivity contribution in [3.05, 3.63) is 54.1 Å². The van der Waals surface area contributed by atoms with Crippen molar-refractivity contribution in [1.29, 1.82) is 0 Å². The fourth-order valence-electron chi connectivity index (χ4n) is 1.91. The number of aliphatic carboxylic acids is 1. The van der Waals surface area contributed by atoms with Crippen LogP contribution in [0.1, 0.15) is 17.2 Å². The zero-order valence-electron chi connectivity index (χ0n) is 10.9. The maximum absolute atomic E-state index is 11.1. The van der Waals surface area contributed by atoms with Crippen molar-refractivity contribution in [2.45, 2.75) is 18.6 Å². The first-order chi connectivity index (χ1) is 9.68. The van der Waals surface area contributed by atoms with E-state index in [1.165, 1.54) is 6.33 Å². The number of nitrogens with zero attached hydrogens (tertiary/aromatic N) is 1. The second kappa shape index (κ2) is 6.83. The van der Waals surface area contributed by atoms with Crippen molar-refractivity contribution < 1.29 is 14.6 Å². The third kappa shape index (κ3) is 3.66. The fourth-order valence-corrected chi connectivity index (χ4v) is 1.91. The zero-order valence-corrected chi connectivity index (χ0v) is 10.9. The molecule has 0 bridgehead atoms. The third-order valence-corrected chi connectivity index (χ3v) is 3.05. The molecule has 0 aliphatic heterocycles. The Hall–Kier alpha value is -2.18. The molecule has 4 N–H and O–H groups in total. The number of nitrogens with two attached hydrogens (primary N) is 1. The summed E-state index contributed by atoms with van der Waals surface area (Å²) in [6, 6.07) is 8.63. The highest BCUT2D eigenvalue weighted by molar-refractivity contribution is 5.74. The molecule has 0 saturated carbocycles. The number of rotatable bonds is 7. The van der Waals surface area contributed by atoms with Gasteiger partial charge in [-0.2, -0.15) is 0 Å². The van der Waals surface area contributed by atoms with Crippen LogP contribution in [-0.2, 0) is 16.1 Å². The topological polar surface area (TPSA) is 101 Å². The van der Waals surface area contributed by atoms with Crippen molar-refractivity contribution in [3.63, 3.8) is 0 Å². The summed E-state index contributed by atoms with van der Waals surface area (Å²) in [5, 5.41) is 9.05. The molecule has 0 radical (unpaired) electrons. The zero-order chi connectivity index (χ0) is 14.4. The fraction of sp³-hybridized carbons (Fsp3) is 0.286. The molecule has 6 nitrogen and oxygen atoms in total. The molecule has 0 aliphatic rings. The molecular formula is C14H17N3O3. The predicted molar refractivity (Wildman–Crippen MR) is 73.0 cm³/mol. The second-order valence-corrected chi connectivity index (χ2v) is 4.48. The number of carbonyl (C=O) groups is 1. The van der Waals surface area contributed by atoms with Crippen LogP contribution in [0.2, 0.25) is 0 Å². The molecule has 0 saturated heterocycles. The Labute approximate surface area is 116 Å². The number of aromatic nitrogens is 2. The van der Waals surface area contributed by atoms with Crippen LogP contribution in [0.15, 0.2) is 42.9 Å². The van der Waals surface area contributed by atoms with Crippen LogP contribution in [0, 0.1) is 0 Å². The summed E-state index contributed by atoms with van der Waals surface area (Å²) in [6.07, 6.45) is 3.06. The van der Waals surface area contributed by atoms with Gasteiger partial charge in [-0.15, -0.1) is 0 Å². The molecule has 106 valence electrons. The SMILES string of the molecule is N[C@H](C(=O)O)C(COCc1ccccc1)c1cnc[nH]1. The molecule has 0 fully saturated rings. The van der Waals surface area contributed by atoms with Crippen LogP contribution in [0.3, 0.4) is 0 Å². The van der Waals surface area contributed by atoms with E-state index in [2.05, 4.69) is 9.97 Å². The lowest BCUT2D eigenvalue weighted by atomic mass is 9.98. The van der Waals surface area contributed by atoms with E-state index in [4.69, 9.17) is 15.6 Å². The quantitative estimate of drug-likeness (QED) is 0.703. The number of aromatic amines is 1. The summed E-state index contributed by atoms with van der Waals surface area (Å²) >= 11 is 0. The molecule has 0 aliphatic carbocycles. The monoisotopic (exact) mass is 275 g/mol. The lowest BCUT2D eigenvalue weighted by molar-refractivity contribution is -0.139. The molecule has 6 heteroatoms. The van der Waals surface area contributed by atoms with E-state index in [0.717, 1.165) is 5.56 Å². The number of imidazole rings is 1. The van der Waals surface area contributed by atoms with E-state index < -0.39 is 17.9 Å². The van der Waals surface area contributed by atoms with Crippen LogP contribution in [0.5, 0.6) is 0 Å². The van der Waals surface area contributed by atoms with E-state index >= 15 is 0 Å². The van der Waals surface area contributed by atoms with Gasteiger partial charge in [0.25, 0.3) is 0 Å². The van der Waals surface area contributed by atoms with Gasteiger partial charge < -0.3 is 20.6 Å². The summed E-state index contributed by atoms with van der Waals surface area (Å²) in [5.41, 5.74) is 7.39. The van der Waals surface area contributed by atoms with E-state index in [9.17, 15) is 4.79 Å². The van der Waals surface area contributed by atoms with E-state index in [-0.39, 0.29) is 6.61 Å². The molecule has 0 amide bonds. The number of ether oxygens (including phenoxy) is 1. The number of benzene rings is 1. The number of H-pyrrole nitrogens is 1. The molecule has 20 heavy (non-hydrogen) atoms. The van der Waals surface area contributed by atoms with Crippen molar-refractivity contribution in [2.24, 2.45) is 5.73 Å². The number of hydrogen-bond donors (Lipinski definition) is 3. The molecule has 2 aromatic rings. The van der Waals surface area contributed by atoms with Gasteiger partial charge in [0.05, 0.1) is 19.5 Å². The Morgan fingerprint density at radius 3 is 2.75 bits per heavy atom. The van der Waals surface area contributed by atoms with Crippen molar-refractivity contribution >= 4 is 5.97 Å². The minimum absolute atomic E-state index is 0.213. The van der Waals surface area contributed by atoms with Gasteiger partial charge in [0.2, 0.25) is 0 Å².